The highest BCUT2D eigenvalue weighted by Crippen LogP contribution is 2.11. The van der Waals surface area contributed by atoms with Gasteiger partial charge in [0.15, 0.2) is 0 Å². The van der Waals surface area contributed by atoms with Gasteiger partial charge < -0.3 is 10.1 Å². The Morgan fingerprint density at radius 1 is 1.40 bits per heavy atom. The maximum Gasteiger partial charge on any atom is 0.240 e. The molecule has 0 aliphatic carbocycles. The van der Waals surface area contributed by atoms with Crippen molar-refractivity contribution in [2.45, 2.75) is 25.2 Å². The summed E-state index contributed by atoms with van der Waals surface area (Å²) in [5.74, 6) is 1.01. The molecule has 0 saturated heterocycles. The summed E-state index contributed by atoms with van der Waals surface area (Å²) in [4.78, 5) is 4.19. The molecular weight excluding hydrogens is 278 g/mol. The molecule has 0 atom stereocenters. The zero-order valence-corrected chi connectivity index (χ0v) is 13.0. The number of nitrogens with zero attached hydrogens (tertiary/aromatic N) is 1. The number of sulfonamides is 1. The highest BCUT2D eigenvalue weighted by Gasteiger charge is 2.13. The topological polar surface area (TPSA) is 80.3 Å². The normalized spacial score (nSPS) is 11.8. The summed E-state index contributed by atoms with van der Waals surface area (Å²) in [5, 5.41) is 2.81. The van der Waals surface area contributed by atoms with Crippen molar-refractivity contribution in [3.63, 3.8) is 0 Å². The second-order valence-electron chi connectivity index (χ2n) is 4.85. The monoisotopic (exact) mass is 301 g/mol. The van der Waals surface area contributed by atoms with Gasteiger partial charge in [-0.2, -0.15) is 0 Å². The van der Waals surface area contributed by atoms with Crippen LogP contribution in [-0.2, 0) is 14.8 Å². The molecule has 114 valence electrons. The van der Waals surface area contributed by atoms with Gasteiger partial charge in [-0.15, -0.1) is 0 Å². The summed E-state index contributed by atoms with van der Waals surface area (Å²) in [6.07, 6.45) is 2.11. The summed E-state index contributed by atoms with van der Waals surface area (Å²) in [5.41, 5.74) is 0. The van der Waals surface area contributed by atoms with Gasteiger partial charge in [0.2, 0.25) is 10.0 Å². The lowest BCUT2D eigenvalue weighted by Crippen LogP contribution is -2.25. The molecule has 0 saturated carbocycles. The van der Waals surface area contributed by atoms with Crippen molar-refractivity contribution in [2.75, 3.05) is 32.1 Å². The van der Waals surface area contributed by atoms with Crippen LogP contribution in [0.5, 0.6) is 0 Å². The molecule has 1 aromatic heterocycles. The van der Waals surface area contributed by atoms with E-state index < -0.39 is 10.0 Å². The van der Waals surface area contributed by atoms with E-state index in [1.54, 1.807) is 7.05 Å². The molecule has 1 heterocycles. The quantitative estimate of drug-likeness (QED) is 0.675. The zero-order valence-electron chi connectivity index (χ0n) is 12.2. The van der Waals surface area contributed by atoms with E-state index in [0.29, 0.717) is 37.9 Å². The summed E-state index contributed by atoms with van der Waals surface area (Å²) in [6, 6.07) is 2.97. The third-order valence-electron chi connectivity index (χ3n) is 2.51. The van der Waals surface area contributed by atoms with E-state index in [4.69, 9.17) is 4.74 Å². The third kappa shape index (κ3) is 5.85. The van der Waals surface area contributed by atoms with Crippen LogP contribution in [0.1, 0.15) is 20.3 Å². The first-order valence-electron chi connectivity index (χ1n) is 6.67. The fourth-order valence-corrected chi connectivity index (χ4v) is 2.58. The van der Waals surface area contributed by atoms with E-state index in [0.717, 1.165) is 0 Å². The van der Waals surface area contributed by atoms with Crippen molar-refractivity contribution in [3.05, 3.63) is 18.3 Å². The Kier molecular flexibility index (Phi) is 6.90. The highest BCUT2D eigenvalue weighted by molar-refractivity contribution is 7.89. The van der Waals surface area contributed by atoms with Crippen molar-refractivity contribution in [3.8, 4) is 0 Å². The molecule has 6 nitrogen and oxygen atoms in total. The average molecular weight is 301 g/mol. The number of hydrogen-bond acceptors (Lipinski definition) is 5. The lowest BCUT2D eigenvalue weighted by Gasteiger charge is -2.09. The minimum Gasteiger partial charge on any atom is -0.381 e. The molecule has 0 aliphatic rings. The van der Waals surface area contributed by atoms with E-state index in [1.807, 2.05) is 0 Å². The molecule has 7 heteroatoms. The second-order valence-corrected chi connectivity index (χ2v) is 6.61. The molecule has 0 spiro atoms. The SMILES string of the molecule is CNc1cc(S(=O)(=O)NCCCOCC(C)C)ccn1. The lowest BCUT2D eigenvalue weighted by atomic mass is 10.2. The molecule has 0 aromatic carbocycles. The van der Waals surface area contributed by atoms with E-state index in [1.165, 1.54) is 18.3 Å². The van der Waals surface area contributed by atoms with Crippen LogP contribution in [0.2, 0.25) is 0 Å². The maximum absolute atomic E-state index is 12.0. The third-order valence-corrected chi connectivity index (χ3v) is 3.97. The zero-order chi connectivity index (χ0) is 15.0. The predicted molar refractivity (Wildman–Crippen MR) is 79.2 cm³/mol. The Morgan fingerprint density at radius 3 is 2.80 bits per heavy atom. The van der Waals surface area contributed by atoms with Crippen LogP contribution in [0.15, 0.2) is 23.2 Å². The minimum absolute atomic E-state index is 0.208. The fourth-order valence-electron chi connectivity index (χ4n) is 1.50. The average Bonchev–Trinajstić information content (AvgIpc) is 2.42. The van der Waals surface area contributed by atoms with E-state index >= 15 is 0 Å². The molecule has 2 N–H and O–H groups in total. The van der Waals surface area contributed by atoms with Gasteiger partial charge in [0.05, 0.1) is 4.90 Å². The number of pyridine rings is 1. The Hall–Kier alpha value is -1.18. The summed E-state index contributed by atoms with van der Waals surface area (Å²) < 4.78 is 32.0. The molecule has 0 aliphatic heterocycles. The Bertz CT molecular complexity index is 503. The minimum atomic E-state index is -3.48. The Balaban J connectivity index is 2.41. The van der Waals surface area contributed by atoms with Crippen LogP contribution in [0, 0.1) is 5.92 Å². The molecule has 0 bridgehead atoms. The largest absolute Gasteiger partial charge is 0.381 e. The van der Waals surface area contributed by atoms with Crippen LogP contribution in [0.3, 0.4) is 0 Å². The first kappa shape index (κ1) is 16.9. The van der Waals surface area contributed by atoms with Crippen LogP contribution in [0.4, 0.5) is 5.82 Å². The van der Waals surface area contributed by atoms with Gasteiger partial charge in [0.1, 0.15) is 5.82 Å². The number of ether oxygens (including phenoxy) is 1. The van der Waals surface area contributed by atoms with Crippen molar-refractivity contribution < 1.29 is 13.2 Å². The Labute approximate surface area is 121 Å². The van der Waals surface area contributed by atoms with Gasteiger partial charge >= 0.3 is 0 Å². The van der Waals surface area contributed by atoms with E-state index in [2.05, 4.69) is 28.9 Å². The first-order chi connectivity index (χ1) is 9.45. The van der Waals surface area contributed by atoms with E-state index in [9.17, 15) is 8.42 Å². The van der Waals surface area contributed by atoms with Gasteiger partial charge in [0, 0.05) is 39.1 Å². The standard InChI is InChI=1S/C13H23N3O3S/c1-11(2)10-19-8-4-6-16-20(17,18)12-5-7-15-13(9-12)14-3/h5,7,9,11,16H,4,6,8,10H2,1-3H3,(H,14,15). The number of rotatable bonds is 9. The molecule has 20 heavy (non-hydrogen) atoms. The predicted octanol–water partition coefficient (Wildman–Crippen LogP) is 1.46. The summed E-state index contributed by atoms with van der Waals surface area (Å²) in [6.45, 7) is 5.76. The van der Waals surface area contributed by atoms with Gasteiger partial charge in [-0.1, -0.05) is 13.8 Å². The van der Waals surface area contributed by atoms with Crippen LogP contribution >= 0.6 is 0 Å². The number of anilines is 1. The van der Waals surface area contributed by atoms with Crippen molar-refractivity contribution in [2.24, 2.45) is 5.92 Å². The van der Waals surface area contributed by atoms with Crippen LogP contribution < -0.4 is 10.0 Å². The van der Waals surface area contributed by atoms with Gasteiger partial charge in [-0.3, -0.25) is 0 Å². The maximum atomic E-state index is 12.0. The molecule has 1 aromatic rings. The lowest BCUT2D eigenvalue weighted by molar-refractivity contribution is 0.108. The second kappa shape index (κ2) is 8.18. The van der Waals surface area contributed by atoms with Gasteiger partial charge in [0.25, 0.3) is 0 Å². The summed E-state index contributed by atoms with van der Waals surface area (Å²) >= 11 is 0. The fraction of sp³-hybridized carbons (Fsp3) is 0.615. The molecule has 0 amide bonds. The first-order valence-corrected chi connectivity index (χ1v) is 8.15. The molecule has 0 unspecified atom stereocenters. The molecular formula is C13H23N3O3S. The number of hydrogen-bond donors (Lipinski definition) is 2. The van der Waals surface area contributed by atoms with Gasteiger partial charge in [-0.25, -0.2) is 18.1 Å². The van der Waals surface area contributed by atoms with Crippen molar-refractivity contribution in [1.29, 1.82) is 0 Å². The molecule has 1 rings (SSSR count). The number of aromatic nitrogens is 1. The van der Waals surface area contributed by atoms with Crippen molar-refractivity contribution >= 4 is 15.8 Å². The smallest absolute Gasteiger partial charge is 0.240 e. The summed E-state index contributed by atoms with van der Waals surface area (Å²) in [7, 11) is -1.79. The van der Waals surface area contributed by atoms with E-state index in [-0.39, 0.29) is 4.90 Å². The van der Waals surface area contributed by atoms with Crippen LogP contribution in [0.25, 0.3) is 0 Å². The Morgan fingerprint density at radius 2 is 2.15 bits per heavy atom. The number of nitrogens with one attached hydrogen (secondary N) is 2. The molecule has 0 radical (unpaired) electrons. The van der Waals surface area contributed by atoms with Crippen molar-refractivity contribution in [1.82, 2.24) is 9.71 Å². The highest BCUT2D eigenvalue weighted by atomic mass is 32.2. The molecule has 0 fully saturated rings. The van der Waals surface area contributed by atoms with Gasteiger partial charge in [-0.05, 0) is 18.4 Å². The van der Waals surface area contributed by atoms with Crippen LogP contribution in [-0.4, -0.2) is 40.2 Å².